The molecule has 2 rings (SSSR count). The summed E-state index contributed by atoms with van der Waals surface area (Å²) < 4.78 is 0. The lowest BCUT2D eigenvalue weighted by atomic mass is 10.0. The molecule has 0 radical (unpaired) electrons. The molecule has 1 aromatic rings. The third-order valence-corrected chi connectivity index (χ3v) is 3.73. The molecule has 1 saturated carbocycles. The van der Waals surface area contributed by atoms with E-state index in [-0.39, 0.29) is 24.8 Å². The van der Waals surface area contributed by atoms with Gasteiger partial charge in [0.05, 0.1) is 6.42 Å². The average Bonchev–Trinajstić information content (AvgIpc) is 3.15. The lowest BCUT2D eigenvalue weighted by molar-refractivity contribution is -0.138. The van der Waals surface area contributed by atoms with Gasteiger partial charge in [0.15, 0.2) is 0 Å². The summed E-state index contributed by atoms with van der Waals surface area (Å²) in [5.41, 5.74) is 2.46. The van der Waals surface area contributed by atoms with Gasteiger partial charge >= 0.3 is 5.97 Å². The Morgan fingerprint density at radius 2 is 2.05 bits per heavy atom. The van der Waals surface area contributed by atoms with Crippen LogP contribution in [0.1, 0.15) is 29.9 Å². The van der Waals surface area contributed by atoms with Crippen LogP contribution in [0.2, 0.25) is 0 Å². The quantitative estimate of drug-likeness (QED) is 0.882. The van der Waals surface area contributed by atoms with Crippen molar-refractivity contribution in [3.63, 3.8) is 0 Å². The summed E-state index contributed by atoms with van der Waals surface area (Å²) >= 11 is 0. The van der Waals surface area contributed by atoms with Crippen molar-refractivity contribution in [2.24, 2.45) is 5.92 Å². The number of aryl methyl sites for hydroxylation is 1. The molecule has 19 heavy (non-hydrogen) atoms. The Morgan fingerprint density at radius 3 is 2.68 bits per heavy atom. The molecule has 0 aromatic heterocycles. The van der Waals surface area contributed by atoms with Gasteiger partial charge in [-0.1, -0.05) is 24.3 Å². The van der Waals surface area contributed by atoms with E-state index in [1.54, 1.807) is 7.05 Å². The zero-order valence-corrected chi connectivity index (χ0v) is 11.3. The SMILES string of the molecule is Cc1ccccc1C1CC1C(=O)N(C)CCC(=O)O. The fraction of sp³-hybridized carbons (Fsp3) is 0.467. The highest BCUT2D eigenvalue weighted by atomic mass is 16.4. The molecule has 1 aromatic carbocycles. The number of aliphatic carboxylic acids is 1. The molecule has 0 aliphatic heterocycles. The number of carbonyl (C=O) groups excluding carboxylic acids is 1. The highest BCUT2D eigenvalue weighted by Gasteiger charge is 2.45. The Kier molecular flexibility index (Phi) is 3.88. The second-order valence-electron chi connectivity index (χ2n) is 5.21. The van der Waals surface area contributed by atoms with E-state index in [9.17, 15) is 9.59 Å². The Labute approximate surface area is 113 Å². The highest BCUT2D eigenvalue weighted by molar-refractivity contribution is 5.83. The Balaban J connectivity index is 1.94. The van der Waals surface area contributed by atoms with Crippen molar-refractivity contribution in [3.05, 3.63) is 35.4 Å². The zero-order chi connectivity index (χ0) is 14.0. The molecule has 1 N–H and O–H groups in total. The standard InChI is InChI=1S/C15H19NO3/c1-10-5-3-4-6-11(10)12-9-13(12)15(19)16(2)8-7-14(17)18/h3-6,12-13H,7-9H2,1-2H3,(H,17,18). The smallest absolute Gasteiger partial charge is 0.305 e. The van der Waals surface area contributed by atoms with Crippen LogP contribution in [-0.4, -0.2) is 35.5 Å². The maximum Gasteiger partial charge on any atom is 0.305 e. The first-order valence-corrected chi connectivity index (χ1v) is 6.53. The van der Waals surface area contributed by atoms with E-state index in [1.807, 2.05) is 12.1 Å². The normalized spacial score (nSPS) is 20.9. The van der Waals surface area contributed by atoms with Gasteiger partial charge in [0.25, 0.3) is 0 Å². The van der Waals surface area contributed by atoms with Crippen molar-refractivity contribution in [2.75, 3.05) is 13.6 Å². The summed E-state index contributed by atoms with van der Waals surface area (Å²) in [7, 11) is 1.68. The molecule has 4 heteroatoms. The number of amides is 1. The summed E-state index contributed by atoms with van der Waals surface area (Å²) in [5, 5.41) is 8.63. The van der Waals surface area contributed by atoms with Crippen LogP contribution >= 0.6 is 0 Å². The van der Waals surface area contributed by atoms with Crippen LogP contribution in [-0.2, 0) is 9.59 Å². The minimum Gasteiger partial charge on any atom is -0.481 e. The van der Waals surface area contributed by atoms with Gasteiger partial charge in [-0.25, -0.2) is 0 Å². The molecule has 0 bridgehead atoms. The summed E-state index contributed by atoms with van der Waals surface area (Å²) in [6, 6.07) is 8.13. The van der Waals surface area contributed by atoms with Crippen molar-refractivity contribution >= 4 is 11.9 Å². The Bertz CT molecular complexity index is 498. The molecule has 1 aliphatic carbocycles. The topological polar surface area (TPSA) is 57.6 Å². The third-order valence-electron chi connectivity index (χ3n) is 3.73. The fourth-order valence-electron chi connectivity index (χ4n) is 2.47. The zero-order valence-electron chi connectivity index (χ0n) is 11.3. The minimum atomic E-state index is -0.870. The number of hydrogen-bond donors (Lipinski definition) is 1. The van der Waals surface area contributed by atoms with Crippen molar-refractivity contribution in [1.29, 1.82) is 0 Å². The monoisotopic (exact) mass is 261 g/mol. The van der Waals surface area contributed by atoms with Gasteiger partial charge in [-0.15, -0.1) is 0 Å². The van der Waals surface area contributed by atoms with Crippen LogP contribution in [0.3, 0.4) is 0 Å². The van der Waals surface area contributed by atoms with Gasteiger partial charge < -0.3 is 10.0 Å². The molecule has 0 heterocycles. The van der Waals surface area contributed by atoms with Crippen LogP contribution in [0.15, 0.2) is 24.3 Å². The number of carboxylic acids is 1. The van der Waals surface area contributed by atoms with Gasteiger partial charge in [-0.2, -0.15) is 0 Å². The predicted molar refractivity (Wildman–Crippen MR) is 71.9 cm³/mol. The number of carboxylic acid groups (broad SMARTS) is 1. The highest BCUT2D eigenvalue weighted by Crippen LogP contribution is 2.49. The lowest BCUT2D eigenvalue weighted by Gasteiger charge is -2.16. The van der Waals surface area contributed by atoms with Crippen LogP contribution in [0.5, 0.6) is 0 Å². The fourth-order valence-corrected chi connectivity index (χ4v) is 2.47. The van der Waals surface area contributed by atoms with E-state index in [1.165, 1.54) is 16.0 Å². The van der Waals surface area contributed by atoms with Gasteiger partial charge in [0.1, 0.15) is 0 Å². The maximum absolute atomic E-state index is 12.1. The number of rotatable bonds is 5. The van der Waals surface area contributed by atoms with E-state index >= 15 is 0 Å². The van der Waals surface area contributed by atoms with E-state index in [2.05, 4.69) is 19.1 Å². The number of benzene rings is 1. The number of nitrogens with zero attached hydrogens (tertiary/aromatic N) is 1. The first-order chi connectivity index (χ1) is 9.00. The molecule has 1 amide bonds. The molecule has 4 nitrogen and oxygen atoms in total. The summed E-state index contributed by atoms with van der Waals surface area (Å²) in [4.78, 5) is 24.2. The predicted octanol–water partition coefficient (Wildman–Crippen LogP) is 2.03. The first-order valence-electron chi connectivity index (χ1n) is 6.53. The van der Waals surface area contributed by atoms with E-state index in [4.69, 9.17) is 5.11 Å². The average molecular weight is 261 g/mol. The molecule has 102 valence electrons. The summed E-state index contributed by atoms with van der Waals surface area (Å²) in [6.07, 6.45) is 0.880. The van der Waals surface area contributed by atoms with E-state index in [0.29, 0.717) is 5.92 Å². The van der Waals surface area contributed by atoms with Crippen LogP contribution in [0.25, 0.3) is 0 Å². The van der Waals surface area contributed by atoms with Crippen LogP contribution in [0, 0.1) is 12.8 Å². The van der Waals surface area contributed by atoms with Gasteiger partial charge in [0.2, 0.25) is 5.91 Å². The van der Waals surface area contributed by atoms with Crippen molar-refractivity contribution < 1.29 is 14.7 Å². The van der Waals surface area contributed by atoms with E-state index < -0.39 is 5.97 Å². The second-order valence-corrected chi connectivity index (χ2v) is 5.21. The summed E-state index contributed by atoms with van der Waals surface area (Å²) in [5.74, 6) is -0.471. The molecule has 2 unspecified atom stereocenters. The van der Waals surface area contributed by atoms with Crippen LogP contribution < -0.4 is 0 Å². The Morgan fingerprint density at radius 1 is 1.37 bits per heavy atom. The summed E-state index contributed by atoms with van der Waals surface area (Å²) in [6.45, 7) is 2.34. The lowest BCUT2D eigenvalue weighted by Crippen LogP contribution is -2.30. The largest absolute Gasteiger partial charge is 0.481 e. The van der Waals surface area contributed by atoms with Crippen LogP contribution in [0.4, 0.5) is 0 Å². The third kappa shape index (κ3) is 3.13. The number of hydrogen-bond acceptors (Lipinski definition) is 2. The Hall–Kier alpha value is -1.84. The second kappa shape index (κ2) is 5.43. The van der Waals surface area contributed by atoms with E-state index in [0.717, 1.165) is 6.42 Å². The molecule has 2 atom stereocenters. The van der Waals surface area contributed by atoms with Crippen molar-refractivity contribution in [2.45, 2.75) is 25.7 Å². The van der Waals surface area contributed by atoms with Gasteiger partial charge in [-0.05, 0) is 30.4 Å². The van der Waals surface area contributed by atoms with Crippen molar-refractivity contribution in [3.8, 4) is 0 Å². The van der Waals surface area contributed by atoms with Gasteiger partial charge in [-0.3, -0.25) is 9.59 Å². The molecule has 1 fully saturated rings. The molecule has 0 saturated heterocycles. The molecular weight excluding hydrogens is 242 g/mol. The molecule has 0 spiro atoms. The van der Waals surface area contributed by atoms with Crippen molar-refractivity contribution in [1.82, 2.24) is 4.90 Å². The van der Waals surface area contributed by atoms with Gasteiger partial charge in [0, 0.05) is 19.5 Å². The first kappa shape index (κ1) is 13.6. The molecule has 1 aliphatic rings. The molecular formula is C15H19NO3. The maximum atomic E-state index is 12.1. The number of carbonyl (C=O) groups is 2. The minimum absolute atomic E-state index is 0.00396.